The molecule has 0 aromatic carbocycles. The van der Waals surface area contributed by atoms with Crippen LogP contribution in [0.5, 0.6) is 0 Å². The molecular formula is C10H20N2O4S2. The Morgan fingerprint density at radius 3 is 2.17 bits per heavy atom. The van der Waals surface area contributed by atoms with E-state index in [1.807, 2.05) is 0 Å². The van der Waals surface area contributed by atoms with Crippen LogP contribution in [0, 0.1) is 0 Å². The van der Waals surface area contributed by atoms with Crippen LogP contribution in [0.25, 0.3) is 0 Å². The molecule has 0 spiro atoms. The number of sulfone groups is 1. The van der Waals surface area contributed by atoms with Crippen molar-refractivity contribution in [3.05, 3.63) is 0 Å². The van der Waals surface area contributed by atoms with Crippen LogP contribution in [-0.4, -0.2) is 52.7 Å². The first-order valence-corrected chi connectivity index (χ1v) is 9.77. The van der Waals surface area contributed by atoms with Crippen molar-refractivity contribution >= 4 is 19.9 Å². The van der Waals surface area contributed by atoms with E-state index in [1.165, 1.54) is 0 Å². The Hall–Kier alpha value is -0.180. The number of rotatable bonds is 6. The number of hydrogen-bond donors (Lipinski definition) is 2. The lowest BCUT2D eigenvalue weighted by Gasteiger charge is -2.22. The van der Waals surface area contributed by atoms with Gasteiger partial charge < -0.3 is 5.32 Å². The first-order chi connectivity index (χ1) is 8.36. The van der Waals surface area contributed by atoms with Crippen molar-refractivity contribution in [1.82, 2.24) is 10.0 Å². The summed E-state index contributed by atoms with van der Waals surface area (Å²) >= 11 is 0. The van der Waals surface area contributed by atoms with Crippen molar-refractivity contribution in [3.8, 4) is 0 Å². The Kier molecular flexibility index (Phi) is 4.30. The third-order valence-corrected chi connectivity index (χ3v) is 6.43. The summed E-state index contributed by atoms with van der Waals surface area (Å²) in [6.07, 6.45) is 3.04. The van der Waals surface area contributed by atoms with Crippen molar-refractivity contribution in [2.75, 3.05) is 23.8 Å². The van der Waals surface area contributed by atoms with Gasteiger partial charge in [0.2, 0.25) is 10.0 Å². The Morgan fingerprint density at radius 1 is 1.00 bits per heavy atom. The van der Waals surface area contributed by atoms with E-state index in [2.05, 4.69) is 10.0 Å². The predicted molar refractivity (Wildman–Crippen MR) is 69.6 cm³/mol. The Balaban J connectivity index is 1.73. The van der Waals surface area contributed by atoms with Crippen molar-refractivity contribution in [2.45, 2.75) is 37.8 Å². The summed E-state index contributed by atoms with van der Waals surface area (Å²) in [7, 11) is -6.23. The van der Waals surface area contributed by atoms with Gasteiger partial charge in [0.05, 0.1) is 17.3 Å². The van der Waals surface area contributed by atoms with E-state index in [9.17, 15) is 16.8 Å². The minimum absolute atomic E-state index is 0.0623. The third kappa shape index (κ3) is 4.83. The van der Waals surface area contributed by atoms with Gasteiger partial charge in [0.15, 0.2) is 0 Å². The Morgan fingerprint density at radius 2 is 1.61 bits per heavy atom. The molecule has 0 atom stereocenters. The van der Waals surface area contributed by atoms with Gasteiger partial charge in [0.25, 0.3) is 0 Å². The van der Waals surface area contributed by atoms with Gasteiger partial charge in [-0.25, -0.2) is 21.6 Å². The second-order valence-corrected chi connectivity index (χ2v) is 9.27. The van der Waals surface area contributed by atoms with Crippen LogP contribution in [0.4, 0.5) is 0 Å². The van der Waals surface area contributed by atoms with Crippen LogP contribution in [0.1, 0.15) is 25.7 Å². The zero-order valence-corrected chi connectivity index (χ0v) is 11.9. The third-order valence-electron chi connectivity index (χ3n) is 3.28. The highest BCUT2D eigenvalue weighted by molar-refractivity contribution is 7.91. The maximum absolute atomic E-state index is 11.8. The highest BCUT2D eigenvalue weighted by Crippen LogP contribution is 2.18. The zero-order valence-electron chi connectivity index (χ0n) is 10.3. The molecule has 1 saturated carbocycles. The molecule has 0 bridgehead atoms. The lowest BCUT2D eigenvalue weighted by molar-refractivity contribution is 0.504. The molecule has 18 heavy (non-hydrogen) atoms. The van der Waals surface area contributed by atoms with Crippen molar-refractivity contribution < 1.29 is 16.8 Å². The lowest BCUT2D eigenvalue weighted by atomic mass is 10.2. The minimum Gasteiger partial charge on any atom is -0.313 e. The standard InChI is InChI=1S/C10H20N2O4S2/c13-17(14)6-3-10(4-7-17)12-18(15,16)8-5-11-9-1-2-9/h9-12H,1-8H2. The molecule has 1 aliphatic heterocycles. The molecule has 106 valence electrons. The van der Waals surface area contributed by atoms with Gasteiger partial charge in [0, 0.05) is 18.6 Å². The summed E-state index contributed by atoms with van der Waals surface area (Å²) in [5.41, 5.74) is 0. The summed E-state index contributed by atoms with van der Waals surface area (Å²) in [5.74, 6) is 0.230. The molecule has 2 N–H and O–H groups in total. The summed E-state index contributed by atoms with van der Waals surface area (Å²) in [6, 6.07) is 0.277. The summed E-state index contributed by atoms with van der Waals surface area (Å²) < 4.78 is 48.6. The fraction of sp³-hybridized carbons (Fsp3) is 1.00. The number of sulfonamides is 1. The predicted octanol–water partition coefficient (Wildman–Crippen LogP) is -0.765. The number of nitrogens with one attached hydrogen (secondary N) is 2. The molecule has 0 aromatic heterocycles. The highest BCUT2D eigenvalue weighted by atomic mass is 32.2. The second kappa shape index (κ2) is 5.44. The van der Waals surface area contributed by atoms with E-state index >= 15 is 0 Å². The number of hydrogen-bond acceptors (Lipinski definition) is 5. The topological polar surface area (TPSA) is 92.3 Å². The fourth-order valence-corrected chi connectivity index (χ4v) is 4.75. The fourth-order valence-electron chi connectivity index (χ4n) is 2.01. The average molecular weight is 296 g/mol. The van der Waals surface area contributed by atoms with Gasteiger partial charge in [-0.2, -0.15) is 0 Å². The van der Waals surface area contributed by atoms with Crippen molar-refractivity contribution in [1.29, 1.82) is 0 Å². The Bertz CT molecular complexity index is 468. The summed E-state index contributed by atoms with van der Waals surface area (Å²) in [6.45, 7) is 0.463. The first kappa shape index (κ1) is 14.2. The highest BCUT2D eigenvalue weighted by Gasteiger charge is 2.27. The van der Waals surface area contributed by atoms with Gasteiger partial charge >= 0.3 is 0 Å². The van der Waals surface area contributed by atoms with E-state index in [4.69, 9.17) is 0 Å². The van der Waals surface area contributed by atoms with Gasteiger partial charge in [-0.15, -0.1) is 0 Å². The van der Waals surface area contributed by atoms with E-state index in [0.717, 1.165) is 12.8 Å². The molecule has 0 radical (unpaired) electrons. The van der Waals surface area contributed by atoms with E-state index in [1.54, 1.807) is 0 Å². The minimum atomic E-state index is -3.29. The monoisotopic (exact) mass is 296 g/mol. The van der Waals surface area contributed by atoms with Crippen molar-refractivity contribution in [3.63, 3.8) is 0 Å². The molecule has 1 saturated heterocycles. The summed E-state index contributed by atoms with van der Waals surface area (Å²) in [4.78, 5) is 0. The zero-order chi connectivity index (χ0) is 13.2. The SMILES string of the molecule is O=S1(=O)CCC(NS(=O)(=O)CCNC2CC2)CC1. The summed E-state index contributed by atoms with van der Waals surface area (Å²) in [5, 5.41) is 3.15. The molecule has 2 fully saturated rings. The maximum atomic E-state index is 11.8. The molecule has 0 aromatic rings. The van der Waals surface area contributed by atoms with Crippen molar-refractivity contribution in [2.24, 2.45) is 0 Å². The van der Waals surface area contributed by atoms with E-state index in [0.29, 0.717) is 25.4 Å². The molecule has 1 heterocycles. The van der Waals surface area contributed by atoms with Gasteiger partial charge in [-0.3, -0.25) is 0 Å². The molecule has 0 amide bonds. The lowest BCUT2D eigenvalue weighted by Crippen LogP contribution is -2.43. The molecule has 0 unspecified atom stereocenters. The molecule has 2 aliphatic rings. The normalized spacial score (nSPS) is 25.1. The molecule has 6 nitrogen and oxygen atoms in total. The molecular weight excluding hydrogens is 276 g/mol. The quantitative estimate of drug-likeness (QED) is 0.672. The Labute approximate surface area is 108 Å². The molecule has 8 heteroatoms. The maximum Gasteiger partial charge on any atom is 0.213 e. The smallest absolute Gasteiger partial charge is 0.213 e. The van der Waals surface area contributed by atoms with E-state index < -0.39 is 19.9 Å². The van der Waals surface area contributed by atoms with Crippen LogP contribution in [0.2, 0.25) is 0 Å². The first-order valence-electron chi connectivity index (χ1n) is 6.30. The average Bonchev–Trinajstić information content (AvgIpc) is 3.05. The second-order valence-electron chi connectivity index (χ2n) is 5.09. The largest absolute Gasteiger partial charge is 0.313 e. The van der Waals surface area contributed by atoms with Crippen LogP contribution in [-0.2, 0) is 19.9 Å². The van der Waals surface area contributed by atoms with Crippen LogP contribution in [0.15, 0.2) is 0 Å². The molecule has 1 aliphatic carbocycles. The van der Waals surface area contributed by atoms with Crippen LogP contribution < -0.4 is 10.0 Å². The van der Waals surface area contributed by atoms with Gasteiger partial charge in [0.1, 0.15) is 9.84 Å². The van der Waals surface area contributed by atoms with Crippen LogP contribution in [0.3, 0.4) is 0 Å². The van der Waals surface area contributed by atoms with Gasteiger partial charge in [-0.05, 0) is 25.7 Å². The van der Waals surface area contributed by atoms with Crippen LogP contribution >= 0.6 is 0 Å². The van der Waals surface area contributed by atoms with E-state index in [-0.39, 0.29) is 23.3 Å². The van der Waals surface area contributed by atoms with Gasteiger partial charge in [-0.1, -0.05) is 0 Å². The molecule has 2 rings (SSSR count).